The predicted octanol–water partition coefficient (Wildman–Crippen LogP) is 2.33. The zero-order valence-corrected chi connectivity index (χ0v) is 11.8. The van der Waals surface area contributed by atoms with Crippen LogP contribution in [0.25, 0.3) is 0 Å². The predicted molar refractivity (Wildman–Crippen MR) is 68.7 cm³/mol. The number of hydrogen-bond donors (Lipinski definition) is 2. The SMILES string of the molecule is CCCC(C)(O)CNC(C)CC(C)(C)OC. The Morgan fingerprint density at radius 3 is 2.31 bits per heavy atom. The van der Waals surface area contributed by atoms with Gasteiger partial charge < -0.3 is 15.2 Å². The summed E-state index contributed by atoms with van der Waals surface area (Å²) in [6.07, 6.45) is 2.78. The molecule has 2 atom stereocenters. The number of rotatable bonds is 8. The van der Waals surface area contributed by atoms with Crippen molar-refractivity contribution in [2.75, 3.05) is 13.7 Å². The largest absolute Gasteiger partial charge is 0.389 e. The summed E-state index contributed by atoms with van der Waals surface area (Å²) in [4.78, 5) is 0. The molecule has 2 unspecified atom stereocenters. The molecule has 0 radical (unpaired) electrons. The minimum absolute atomic E-state index is 0.108. The van der Waals surface area contributed by atoms with Crippen molar-refractivity contribution in [1.82, 2.24) is 5.32 Å². The Balaban J connectivity index is 3.93. The number of ether oxygens (including phenoxy) is 1. The van der Waals surface area contributed by atoms with E-state index in [-0.39, 0.29) is 5.60 Å². The van der Waals surface area contributed by atoms with Crippen molar-refractivity contribution in [3.05, 3.63) is 0 Å². The van der Waals surface area contributed by atoms with Crippen molar-refractivity contribution in [1.29, 1.82) is 0 Å². The second kappa shape index (κ2) is 6.58. The molecule has 0 aliphatic rings. The van der Waals surface area contributed by atoms with Crippen LogP contribution in [0.2, 0.25) is 0 Å². The van der Waals surface area contributed by atoms with E-state index in [1.807, 2.05) is 6.92 Å². The van der Waals surface area contributed by atoms with E-state index in [2.05, 4.69) is 33.0 Å². The minimum atomic E-state index is -0.597. The van der Waals surface area contributed by atoms with Crippen LogP contribution in [0, 0.1) is 0 Å². The molecule has 3 heteroatoms. The fraction of sp³-hybridized carbons (Fsp3) is 1.00. The quantitative estimate of drug-likeness (QED) is 0.673. The molecule has 0 rings (SSSR count). The average molecular weight is 231 g/mol. The first kappa shape index (κ1) is 15.9. The molecule has 0 fully saturated rings. The highest BCUT2D eigenvalue weighted by Gasteiger charge is 2.23. The summed E-state index contributed by atoms with van der Waals surface area (Å²) in [5.74, 6) is 0. The van der Waals surface area contributed by atoms with E-state index < -0.39 is 5.60 Å². The Kier molecular flexibility index (Phi) is 6.53. The van der Waals surface area contributed by atoms with E-state index in [1.165, 1.54) is 0 Å². The third-order valence-electron chi connectivity index (χ3n) is 2.97. The van der Waals surface area contributed by atoms with Crippen LogP contribution < -0.4 is 5.32 Å². The van der Waals surface area contributed by atoms with Gasteiger partial charge in [0.15, 0.2) is 0 Å². The van der Waals surface area contributed by atoms with Crippen molar-refractivity contribution in [2.45, 2.75) is 71.1 Å². The van der Waals surface area contributed by atoms with E-state index in [0.29, 0.717) is 12.6 Å². The van der Waals surface area contributed by atoms with Gasteiger partial charge in [0, 0.05) is 19.7 Å². The van der Waals surface area contributed by atoms with Crippen LogP contribution in [0.15, 0.2) is 0 Å². The Morgan fingerprint density at radius 2 is 1.88 bits per heavy atom. The summed E-state index contributed by atoms with van der Waals surface area (Å²) in [6.45, 7) is 10.9. The molecule has 0 aromatic heterocycles. The first-order valence-corrected chi connectivity index (χ1v) is 6.23. The maximum absolute atomic E-state index is 10.0. The third kappa shape index (κ3) is 7.20. The van der Waals surface area contributed by atoms with Crippen molar-refractivity contribution >= 4 is 0 Å². The summed E-state index contributed by atoms with van der Waals surface area (Å²) >= 11 is 0. The highest BCUT2D eigenvalue weighted by Crippen LogP contribution is 2.16. The lowest BCUT2D eigenvalue weighted by Crippen LogP contribution is -2.44. The summed E-state index contributed by atoms with van der Waals surface area (Å²) in [5, 5.41) is 13.4. The Hall–Kier alpha value is -0.120. The van der Waals surface area contributed by atoms with Gasteiger partial charge in [-0.15, -0.1) is 0 Å². The number of methoxy groups -OCH3 is 1. The standard InChI is InChI=1S/C13H29NO2/c1-7-8-13(5,15)10-14-11(2)9-12(3,4)16-6/h11,14-15H,7-10H2,1-6H3. The van der Waals surface area contributed by atoms with Crippen molar-refractivity contribution in [3.63, 3.8) is 0 Å². The Morgan fingerprint density at radius 1 is 1.31 bits per heavy atom. The molecule has 3 nitrogen and oxygen atoms in total. The summed E-state index contributed by atoms with van der Waals surface area (Å²) < 4.78 is 5.39. The summed E-state index contributed by atoms with van der Waals surface area (Å²) in [5.41, 5.74) is -0.705. The molecule has 0 saturated carbocycles. The van der Waals surface area contributed by atoms with E-state index in [4.69, 9.17) is 4.74 Å². The van der Waals surface area contributed by atoms with Crippen LogP contribution >= 0.6 is 0 Å². The van der Waals surface area contributed by atoms with Crippen LogP contribution in [0.3, 0.4) is 0 Å². The fourth-order valence-electron chi connectivity index (χ4n) is 1.91. The number of nitrogens with one attached hydrogen (secondary N) is 1. The zero-order chi connectivity index (χ0) is 12.8. The molecule has 0 saturated heterocycles. The van der Waals surface area contributed by atoms with E-state index >= 15 is 0 Å². The van der Waals surface area contributed by atoms with Gasteiger partial charge in [0.25, 0.3) is 0 Å². The molecular weight excluding hydrogens is 202 g/mol. The molecule has 0 spiro atoms. The van der Waals surface area contributed by atoms with E-state index in [9.17, 15) is 5.11 Å². The van der Waals surface area contributed by atoms with E-state index in [0.717, 1.165) is 19.3 Å². The first-order chi connectivity index (χ1) is 7.22. The van der Waals surface area contributed by atoms with Crippen LogP contribution in [0.1, 0.15) is 53.9 Å². The topological polar surface area (TPSA) is 41.5 Å². The summed E-state index contributed by atoms with van der Waals surface area (Å²) in [7, 11) is 1.74. The molecule has 0 bridgehead atoms. The van der Waals surface area contributed by atoms with E-state index in [1.54, 1.807) is 7.11 Å². The van der Waals surface area contributed by atoms with Crippen molar-refractivity contribution in [3.8, 4) is 0 Å². The molecule has 0 aromatic carbocycles. The highest BCUT2D eigenvalue weighted by molar-refractivity contribution is 4.80. The van der Waals surface area contributed by atoms with Gasteiger partial charge in [-0.3, -0.25) is 0 Å². The molecule has 0 amide bonds. The third-order valence-corrected chi connectivity index (χ3v) is 2.97. The van der Waals surface area contributed by atoms with Gasteiger partial charge in [-0.05, 0) is 40.5 Å². The maximum Gasteiger partial charge on any atom is 0.0743 e. The van der Waals surface area contributed by atoms with Crippen LogP contribution in [-0.4, -0.2) is 36.0 Å². The summed E-state index contributed by atoms with van der Waals surface area (Å²) in [6, 6.07) is 0.346. The number of aliphatic hydroxyl groups is 1. The van der Waals surface area contributed by atoms with Gasteiger partial charge in [-0.1, -0.05) is 13.3 Å². The minimum Gasteiger partial charge on any atom is -0.389 e. The second-order valence-corrected chi connectivity index (χ2v) is 5.70. The fourth-order valence-corrected chi connectivity index (χ4v) is 1.91. The highest BCUT2D eigenvalue weighted by atomic mass is 16.5. The van der Waals surface area contributed by atoms with Crippen LogP contribution in [0.5, 0.6) is 0 Å². The van der Waals surface area contributed by atoms with Gasteiger partial charge in [0.05, 0.1) is 11.2 Å². The van der Waals surface area contributed by atoms with Crippen molar-refractivity contribution < 1.29 is 9.84 Å². The average Bonchev–Trinajstić information content (AvgIpc) is 2.14. The van der Waals surface area contributed by atoms with Gasteiger partial charge in [0.2, 0.25) is 0 Å². The lowest BCUT2D eigenvalue weighted by molar-refractivity contribution is 0.00322. The van der Waals surface area contributed by atoms with Gasteiger partial charge >= 0.3 is 0 Å². The second-order valence-electron chi connectivity index (χ2n) is 5.70. The van der Waals surface area contributed by atoms with Gasteiger partial charge in [0.1, 0.15) is 0 Å². The zero-order valence-electron chi connectivity index (χ0n) is 11.8. The molecular formula is C13H29NO2. The Labute approximate surface area is 101 Å². The van der Waals surface area contributed by atoms with Crippen LogP contribution in [-0.2, 0) is 4.74 Å². The lowest BCUT2D eigenvalue weighted by atomic mass is 9.97. The normalized spacial score (nSPS) is 18.2. The smallest absolute Gasteiger partial charge is 0.0743 e. The molecule has 98 valence electrons. The molecule has 0 aliphatic heterocycles. The Bertz CT molecular complexity index is 190. The first-order valence-electron chi connectivity index (χ1n) is 6.23. The van der Waals surface area contributed by atoms with Gasteiger partial charge in [-0.25, -0.2) is 0 Å². The monoisotopic (exact) mass is 231 g/mol. The molecule has 0 heterocycles. The van der Waals surface area contributed by atoms with Gasteiger partial charge in [-0.2, -0.15) is 0 Å². The molecule has 0 aliphatic carbocycles. The molecule has 0 aromatic rings. The van der Waals surface area contributed by atoms with Crippen LogP contribution in [0.4, 0.5) is 0 Å². The lowest BCUT2D eigenvalue weighted by Gasteiger charge is -2.30. The maximum atomic E-state index is 10.0. The molecule has 16 heavy (non-hydrogen) atoms. The van der Waals surface area contributed by atoms with Crippen molar-refractivity contribution in [2.24, 2.45) is 0 Å². The molecule has 2 N–H and O–H groups in total. The number of hydrogen-bond acceptors (Lipinski definition) is 3.